The lowest BCUT2D eigenvalue weighted by molar-refractivity contribution is -0.306. The van der Waals surface area contributed by atoms with Crippen LogP contribution < -0.4 is 9.84 Å². The molecule has 0 saturated heterocycles. The van der Waals surface area contributed by atoms with Crippen molar-refractivity contribution in [2.75, 3.05) is 12.4 Å². The summed E-state index contributed by atoms with van der Waals surface area (Å²) in [6, 6.07) is 4.96. The number of rotatable bonds is 4. The summed E-state index contributed by atoms with van der Waals surface area (Å²) in [5.74, 6) is 0.0914. The average molecular weight is 307 g/mol. The number of hydrogen-bond donors (Lipinski definition) is 0. The molecule has 0 spiro atoms. The molecule has 0 radical (unpaired) electrons. The lowest BCUT2D eigenvalue weighted by atomic mass is 10.3. The zero-order chi connectivity index (χ0) is 14.1. The average Bonchev–Trinajstić information content (AvgIpc) is 3.05. The number of aliphatic imine (C=N–C) groups is 1. The number of nitrogens with zero attached hydrogens (tertiary/aromatic N) is 2. The summed E-state index contributed by atoms with van der Waals surface area (Å²) in [5.41, 5.74) is 0.869. The number of ether oxygens (including phenoxy) is 1. The Morgan fingerprint density at radius 2 is 2.40 bits per heavy atom. The van der Waals surface area contributed by atoms with Gasteiger partial charge in [-0.05, 0) is 25.1 Å². The molecule has 104 valence electrons. The maximum atomic E-state index is 10.8. The van der Waals surface area contributed by atoms with Gasteiger partial charge in [-0.25, -0.2) is 4.98 Å². The number of thiazole rings is 1. The molecular formula is C13H11N2O3S2-. The van der Waals surface area contributed by atoms with Gasteiger partial charge >= 0.3 is 0 Å². The molecule has 1 aromatic carbocycles. The third kappa shape index (κ3) is 2.51. The first-order valence-corrected chi connectivity index (χ1v) is 7.93. The molecule has 2 heterocycles. The Bertz CT molecular complexity index is 696. The van der Waals surface area contributed by atoms with Gasteiger partial charge in [0.05, 0.1) is 22.8 Å². The van der Waals surface area contributed by atoms with Gasteiger partial charge in [0.2, 0.25) is 0 Å². The van der Waals surface area contributed by atoms with Crippen LogP contribution in [0.4, 0.5) is 0 Å². The molecule has 3 rings (SSSR count). The Balaban J connectivity index is 1.93. The van der Waals surface area contributed by atoms with Crippen molar-refractivity contribution in [1.82, 2.24) is 4.98 Å². The van der Waals surface area contributed by atoms with Crippen LogP contribution in [0.3, 0.4) is 0 Å². The molecular weight excluding hydrogens is 296 g/mol. The molecule has 1 aliphatic heterocycles. The van der Waals surface area contributed by atoms with E-state index in [0.717, 1.165) is 21.0 Å². The van der Waals surface area contributed by atoms with Gasteiger partial charge in [0.15, 0.2) is 0 Å². The van der Waals surface area contributed by atoms with Gasteiger partial charge in [-0.1, -0.05) is 0 Å². The molecule has 2 aromatic rings. The minimum absolute atomic E-state index is 0.414. The molecule has 1 aliphatic rings. The van der Waals surface area contributed by atoms with Crippen molar-refractivity contribution in [1.29, 1.82) is 0 Å². The number of carbonyl (C=O) groups is 1. The van der Waals surface area contributed by atoms with Crippen molar-refractivity contribution in [2.45, 2.75) is 13.0 Å². The number of hydrogen-bond acceptors (Lipinski definition) is 7. The quantitative estimate of drug-likeness (QED) is 0.851. The van der Waals surface area contributed by atoms with Gasteiger partial charge in [0.1, 0.15) is 21.8 Å². The van der Waals surface area contributed by atoms with E-state index in [1.807, 2.05) is 25.1 Å². The smallest absolute Gasteiger partial charge is 0.149 e. The second-order valence-corrected chi connectivity index (χ2v) is 6.20. The molecule has 5 nitrogen and oxygen atoms in total. The maximum Gasteiger partial charge on any atom is 0.149 e. The van der Waals surface area contributed by atoms with Crippen LogP contribution in [0.15, 0.2) is 23.2 Å². The SMILES string of the molecule is CCOc1ccc2nc(C3=NC(C(=O)[O-])CS3)sc2c1. The van der Waals surface area contributed by atoms with Crippen molar-refractivity contribution < 1.29 is 14.6 Å². The van der Waals surface area contributed by atoms with E-state index in [1.54, 1.807) is 0 Å². The third-order valence-electron chi connectivity index (χ3n) is 2.78. The van der Waals surface area contributed by atoms with E-state index in [9.17, 15) is 9.90 Å². The first-order valence-electron chi connectivity index (χ1n) is 6.12. The van der Waals surface area contributed by atoms with Crippen molar-refractivity contribution in [2.24, 2.45) is 4.99 Å². The fraction of sp³-hybridized carbons (Fsp3) is 0.308. The van der Waals surface area contributed by atoms with E-state index in [-0.39, 0.29) is 0 Å². The highest BCUT2D eigenvalue weighted by molar-refractivity contribution is 8.15. The van der Waals surface area contributed by atoms with Crippen molar-refractivity contribution >= 4 is 44.3 Å². The number of fused-ring (bicyclic) bond motifs is 1. The lowest BCUT2D eigenvalue weighted by Crippen LogP contribution is -2.34. The van der Waals surface area contributed by atoms with E-state index in [0.29, 0.717) is 17.4 Å². The summed E-state index contributed by atoms with van der Waals surface area (Å²) in [6.07, 6.45) is 0. The van der Waals surface area contributed by atoms with Crippen molar-refractivity contribution in [3.05, 3.63) is 23.2 Å². The van der Waals surface area contributed by atoms with Crippen LogP contribution in [0.2, 0.25) is 0 Å². The summed E-state index contributed by atoms with van der Waals surface area (Å²) in [4.78, 5) is 19.4. The highest BCUT2D eigenvalue weighted by atomic mass is 32.2. The summed E-state index contributed by atoms with van der Waals surface area (Å²) < 4.78 is 6.46. The van der Waals surface area contributed by atoms with Gasteiger partial charge in [0.25, 0.3) is 0 Å². The normalized spacial score (nSPS) is 18.2. The standard InChI is InChI=1S/C13H12N2O3S2/c1-2-18-7-3-4-8-10(5-7)20-12(14-8)11-15-9(6-19-11)13(16)17/h3-5,9H,2,6H2,1H3,(H,16,17)/p-1. The highest BCUT2D eigenvalue weighted by Gasteiger charge is 2.22. The molecule has 20 heavy (non-hydrogen) atoms. The van der Waals surface area contributed by atoms with Gasteiger partial charge in [-0.15, -0.1) is 23.1 Å². The molecule has 1 unspecified atom stereocenters. The van der Waals surface area contributed by atoms with Crippen molar-refractivity contribution in [3.63, 3.8) is 0 Å². The van der Waals surface area contributed by atoms with Crippen LogP contribution in [-0.2, 0) is 4.79 Å². The van der Waals surface area contributed by atoms with Gasteiger partial charge in [-0.2, -0.15) is 0 Å². The first-order chi connectivity index (χ1) is 9.67. The number of carboxylic acids is 1. The molecule has 7 heteroatoms. The zero-order valence-electron chi connectivity index (χ0n) is 10.7. The Kier molecular flexibility index (Phi) is 3.62. The molecule has 0 N–H and O–H groups in total. The minimum Gasteiger partial charge on any atom is -0.548 e. The summed E-state index contributed by atoms with van der Waals surface area (Å²) in [5, 5.41) is 12.2. The topological polar surface area (TPSA) is 74.6 Å². The predicted molar refractivity (Wildman–Crippen MR) is 78.6 cm³/mol. The van der Waals surface area contributed by atoms with Crippen LogP contribution in [0.25, 0.3) is 10.2 Å². The predicted octanol–water partition coefficient (Wildman–Crippen LogP) is 1.31. The highest BCUT2D eigenvalue weighted by Crippen LogP contribution is 2.31. The fourth-order valence-electron chi connectivity index (χ4n) is 1.86. The molecule has 0 aliphatic carbocycles. The number of aromatic nitrogens is 1. The van der Waals surface area contributed by atoms with Crippen LogP contribution >= 0.6 is 23.1 Å². The van der Waals surface area contributed by atoms with Crippen molar-refractivity contribution in [3.8, 4) is 5.75 Å². The third-order valence-corrected chi connectivity index (χ3v) is 4.99. The summed E-state index contributed by atoms with van der Waals surface area (Å²) in [7, 11) is 0. The second-order valence-electron chi connectivity index (χ2n) is 4.16. The number of benzene rings is 1. The molecule has 1 atom stereocenters. The van der Waals surface area contributed by atoms with E-state index in [2.05, 4.69) is 9.98 Å². The van der Waals surface area contributed by atoms with E-state index < -0.39 is 12.0 Å². The number of carbonyl (C=O) groups excluding carboxylic acids is 1. The van der Waals surface area contributed by atoms with E-state index in [4.69, 9.17) is 4.74 Å². The van der Waals surface area contributed by atoms with Gasteiger partial charge < -0.3 is 14.6 Å². The lowest BCUT2D eigenvalue weighted by Gasteiger charge is -2.03. The summed E-state index contributed by atoms with van der Waals surface area (Å²) >= 11 is 2.90. The van der Waals surface area contributed by atoms with Crippen LogP contribution in [0.1, 0.15) is 11.9 Å². The van der Waals surface area contributed by atoms with E-state index >= 15 is 0 Å². The summed E-state index contributed by atoms with van der Waals surface area (Å²) in [6.45, 7) is 2.55. The fourth-order valence-corrected chi connectivity index (χ4v) is 3.95. The van der Waals surface area contributed by atoms with Crippen LogP contribution in [0.5, 0.6) is 5.75 Å². The Hall–Kier alpha value is -1.60. The molecule has 1 aromatic heterocycles. The number of thioether (sulfide) groups is 1. The van der Waals surface area contributed by atoms with Gasteiger partial charge in [-0.3, -0.25) is 4.99 Å². The van der Waals surface area contributed by atoms with Crippen LogP contribution in [0, 0.1) is 0 Å². The molecule has 0 amide bonds. The first kappa shape index (κ1) is 13.4. The molecule has 0 saturated carbocycles. The maximum absolute atomic E-state index is 10.8. The van der Waals surface area contributed by atoms with Crippen LogP contribution in [-0.4, -0.2) is 34.4 Å². The zero-order valence-corrected chi connectivity index (χ0v) is 12.3. The van der Waals surface area contributed by atoms with Gasteiger partial charge in [0, 0.05) is 5.75 Å². The largest absolute Gasteiger partial charge is 0.548 e. The Labute approximate surface area is 123 Å². The molecule has 0 bridgehead atoms. The Morgan fingerprint density at radius 3 is 3.10 bits per heavy atom. The molecule has 0 fully saturated rings. The second kappa shape index (κ2) is 5.41. The van der Waals surface area contributed by atoms with E-state index in [1.165, 1.54) is 23.1 Å². The minimum atomic E-state index is -1.13. The number of aliphatic carboxylic acids is 1. The Morgan fingerprint density at radius 1 is 1.55 bits per heavy atom. The number of carboxylic acid groups (broad SMARTS) is 1. The monoisotopic (exact) mass is 307 g/mol.